The number of hydrogen-bond donors (Lipinski definition) is 1. The van der Waals surface area contributed by atoms with Crippen LogP contribution >= 0.6 is 0 Å². The summed E-state index contributed by atoms with van der Waals surface area (Å²) in [6.45, 7) is 6.77. The lowest BCUT2D eigenvalue weighted by Gasteiger charge is -2.17. The van der Waals surface area contributed by atoms with Crippen molar-refractivity contribution in [2.75, 3.05) is 13.6 Å². The zero-order valence-corrected chi connectivity index (χ0v) is 13.5. The molecule has 0 aliphatic heterocycles. The highest BCUT2D eigenvalue weighted by atomic mass is 16.2. The first-order chi connectivity index (χ1) is 9.91. The number of aryl methyl sites for hydroxylation is 3. The van der Waals surface area contributed by atoms with E-state index in [0.29, 0.717) is 0 Å². The smallest absolute Gasteiger partial charge is 0.255 e. The number of hydrogen-bond acceptors (Lipinski definition) is 2. The summed E-state index contributed by atoms with van der Waals surface area (Å²) in [6, 6.07) is 1.89. The Labute approximate surface area is 126 Å². The summed E-state index contributed by atoms with van der Waals surface area (Å²) in [5.74, 6) is 0.0914. The van der Waals surface area contributed by atoms with Crippen molar-refractivity contribution in [3.8, 4) is 0 Å². The van der Waals surface area contributed by atoms with Crippen LogP contribution in [0.25, 0.3) is 0 Å². The first kappa shape index (κ1) is 15.4. The number of rotatable bonds is 5. The van der Waals surface area contributed by atoms with Crippen LogP contribution in [0.2, 0.25) is 0 Å². The van der Waals surface area contributed by atoms with Gasteiger partial charge in [0.15, 0.2) is 0 Å². The van der Waals surface area contributed by atoms with Gasteiger partial charge < -0.3 is 9.47 Å². The van der Waals surface area contributed by atoms with Crippen LogP contribution in [0.5, 0.6) is 0 Å². The fraction of sp³-hybridized carbons (Fsp3) is 0.500. The SMILES string of the molecule is Cc1n[nH]c(C)c1CCCN(C)C(=O)c1ccn(C)c1C. The molecule has 2 rings (SSSR count). The van der Waals surface area contributed by atoms with Gasteiger partial charge in [0.1, 0.15) is 0 Å². The van der Waals surface area contributed by atoms with E-state index < -0.39 is 0 Å². The zero-order valence-electron chi connectivity index (χ0n) is 13.5. The molecule has 21 heavy (non-hydrogen) atoms. The zero-order chi connectivity index (χ0) is 15.6. The second-order valence-corrected chi connectivity index (χ2v) is 5.67. The molecule has 114 valence electrons. The Kier molecular flexibility index (Phi) is 4.50. The largest absolute Gasteiger partial charge is 0.354 e. The standard InChI is InChI=1S/C16H24N4O/c1-11-14(12(2)18-17-11)7-6-9-20(5)16(21)15-8-10-19(4)13(15)3/h8,10H,6-7,9H2,1-5H3,(H,17,18). The quantitative estimate of drug-likeness (QED) is 0.918. The number of H-pyrrole nitrogens is 1. The van der Waals surface area contributed by atoms with Gasteiger partial charge in [-0.2, -0.15) is 5.10 Å². The van der Waals surface area contributed by atoms with Gasteiger partial charge in [-0.1, -0.05) is 0 Å². The maximum absolute atomic E-state index is 12.4. The van der Waals surface area contributed by atoms with Crippen molar-refractivity contribution in [1.82, 2.24) is 19.7 Å². The molecule has 1 amide bonds. The van der Waals surface area contributed by atoms with Gasteiger partial charge in [-0.15, -0.1) is 0 Å². The summed E-state index contributed by atoms with van der Waals surface area (Å²) in [4.78, 5) is 14.2. The van der Waals surface area contributed by atoms with Crippen molar-refractivity contribution in [2.45, 2.75) is 33.6 Å². The lowest BCUT2D eigenvalue weighted by molar-refractivity contribution is 0.0793. The minimum atomic E-state index is 0.0914. The van der Waals surface area contributed by atoms with Crippen LogP contribution in [-0.2, 0) is 13.5 Å². The first-order valence-electron chi connectivity index (χ1n) is 7.29. The Morgan fingerprint density at radius 2 is 2.10 bits per heavy atom. The lowest BCUT2D eigenvalue weighted by atomic mass is 10.1. The number of amides is 1. The molecule has 2 heterocycles. The van der Waals surface area contributed by atoms with Crippen LogP contribution in [0.1, 0.15) is 39.4 Å². The molecule has 0 unspecified atom stereocenters. The summed E-state index contributed by atoms with van der Waals surface area (Å²) in [5.41, 5.74) is 5.25. The third-order valence-corrected chi connectivity index (χ3v) is 4.16. The van der Waals surface area contributed by atoms with Crippen LogP contribution < -0.4 is 0 Å². The highest BCUT2D eigenvalue weighted by Crippen LogP contribution is 2.14. The number of aromatic nitrogens is 3. The van der Waals surface area contributed by atoms with Gasteiger partial charge in [0.25, 0.3) is 5.91 Å². The molecule has 1 N–H and O–H groups in total. The summed E-state index contributed by atoms with van der Waals surface area (Å²) in [5, 5.41) is 7.20. The van der Waals surface area contributed by atoms with Gasteiger partial charge >= 0.3 is 0 Å². The number of carbonyl (C=O) groups excluding carboxylic acids is 1. The van der Waals surface area contributed by atoms with Gasteiger partial charge in [-0.25, -0.2) is 0 Å². The average Bonchev–Trinajstić information content (AvgIpc) is 2.95. The lowest BCUT2D eigenvalue weighted by Crippen LogP contribution is -2.28. The van der Waals surface area contributed by atoms with Crippen molar-refractivity contribution < 1.29 is 4.79 Å². The third-order valence-electron chi connectivity index (χ3n) is 4.16. The molecule has 0 aliphatic rings. The number of aromatic amines is 1. The fourth-order valence-corrected chi connectivity index (χ4v) is 2.58. The second kappa shape index (κ2) is 6.16. The summed E-state index contributed by atoms with van der Waals surface area (Å²) in [7, 11) is 3.82. The van der Waals surface area contributed by atoms with Gasteiger partial charge in [0, 0.05) is 38.2 Å². The van der Waals surface area contributed by atoms with Crippen LogP contribution in [0.15, 0.2) is 12.3 Å². The maximum atomic E-state index is 12.4. The molecule has 0 aliphatic carbocycles. The van der Waals surface area contributed by atoms with Gasteiger partial charge in [0.2, 0.25) is 0 Å². The van der Waals surface area contributed by atoms with Crippen LogP contribution in [0, 0.1) is 20.8 Å². The van der Waals surface area contributed by atoms with Gasteiger partial charge in [0.05, 0.1) is 11.3 Å². The van der Waals surface area contributed by atoms with E-state index >= 15 is 0 Å². The Bertz CT molecular complexity index is 619. The van der Waals surface area contributed by atoms with E-state index in [0.717, 1.165) is 42.0 Å². The van der Waals surface area contributed by atoms with Crippen molar-refractivity contribution in [3.63, 3.8) is 0 Å². The van der Waals surface area contributed by atoms with Crippen molar-refractivity contribution in [1.29, 1.82) is 0 Å². The average molecular weight is 288 g/mol. The molecule has 0 bridgehead atoms. The van der Waals surface area contributed by atoms with E-state index in [9.17, 15) is 4.79 Å². The predicted molar refractivity (Wildman–Crippen MR) is 83.5 cm³/mol. The highest BCUT2D eigenvalue weighted by Gasteiger charge is 2.16. The molecule has 0 saturated carbocycles. The monoisotopic (exact) mass is 288 g/mol. The van der Waals surface area contributed by atoms with Crippen LogP contribution in [0.3, 0.4) is 0 Å². The molecule has 0 radical (unpaired) electrons. The topological polar surface area (TPSA) is 53.9 Å². The molecule has 2 aromatic heterocycles. The van der Waals surface area contributed by atoms with E-state index in [4.69, 9.17) is 0 Å². The predicted octanol–water partition coefficient (Wildman–Crippen LogP) is 2.38. The molecule has 5 heteroatoms. The van der Waals surface area contributed by atoms with E-state index in [1.54, 1.807) is 4.90 Å². The second-order valence-electron chi connectivity index (χ2n) is 5.67. The minimum absolute atomic E-state index is 0.0914. The number of nitrogens with zero attached hydrogens (tertiary/aromatic N) is 3. The molecule has 5 nitrogen and oxygen atoms in total. The molecule has 0 spiro atoms. The molecular formula is C16H24N4O. The Morgan fingerprint density at radius 1 is 1.38 bits per heavy atom. The normalized spacial score (nSPS) is 10.9. The Morgan fingerprint density at radius 3 is 2.62 bits per heavy atom. The highest BCUT2D eigenvalue weighted by molar-refractivity contribution is 5.95. The van der Waals surface area contributed by atoms with Crippen LogP contribution in [-0.4, -0.2) is 39.2 Å². The van der Waals surface area contributed by atoms with E-state index in [2.05, 4.69) is 10.2 Å². The van der Waals surface area contributed by atoms with Crippen molar-refractivity contribution >= 4 is 5.91 Å². The molecule has 0 aromatic carbocycles. The molecule has 0 fully saturated rings. The molecule has 2 aromatic rings. The summed E-state index contributed by atoms with van der Waals surface area (Å²) < 4.78 is 1.97. The molecular weight excluding hydrogens is 264 g/mol. The summed E-state index contributed by atoms with van der Waals surface area (Å²) >= 11 is 0. The number of carbonyl (C=O) groups is 1. The van der Waals surface area contributed by atoms with Crippen molar-refractivity contribution in [2.24, 2.45) is 7.05 Å². The Balaban J connectivity index is 1.92. The minimum Gasteiger partial charge on any atom is -0.354 e. The first-order valence-corrected chi connectivity index (χ1v) is 7.29. The van der Waals surface area contributed by atoms with Gasteiger partial charge in [-0.3, -0.25) is 9.89 Å². The van der Waals surface area contributed by atoms with Gasteiger partial charge in [-0.05, 0) is 45.2 Å². The third kappa shape index (κ3) is 3.17. The van der Waals surface area contributed by atoms with Crippen molar-refractivity contribution in [3.05, 3.63) is 40.5 Å². The van der Waals surface area contributed by atoms with E-state index in [1.807, 2.05) is 51.7 Å². The van der Waals surface area contributed by atoms with E-state index in [1.165, 1.54) is 5.56 Å². The Hall–Kier alpha value is -2.04. The van der Waals surface area contributed by atoms with Crippen LogP contribution in [0.4, 0.5) is 0 Å². The number of nitrogens with one attached hydrogen (secondary N) is 1. The fourth-order valence-electron chi connectivity index (χ4n) is 2.58. The summed E-state index contributed by atoms with van der Waals surface area (Å²) in [6.07, 6.45) is 3.81. The van der Waals surface area contributed by atoms with E-state index in [-0.39, 0.29) is 5.91 Å². The maximum Gasteiger partial charge on any atom is 0.255 e. The molecule has 0 saturated heterocycles. The molecule has 0 atom stereocenters.